The van der Waals surface area contributed by atoms with Crippen molar-refractivity contribution in [2.24, 2.45) is 0 Å². The van der Waals surface area contributed by atoms with Crippen LogP contribution in [0.1, 0.15) is 16.7 Å². The van der Waals surface area contributed by atoms with Crippen molar-refractivity contribution in [1.82, 2.24) is 4.90 Å². The Morgan fingerprint density at radius 3 is 2.09 bits per heavy atom. The number of amides is 2. The third kappa shape index (κ3) is 5.37. The van der Waals surface area contributed by atoms with Gasteiger partial charge in [0.2, 0.25) is 5.91 Å². The summed E-state index contributed by atoms with van der Waals surface area (Å²) in [6, 6.07) is 17.3. The summed E-state index contributed by atoms with van der Waals surface area (Å²) in [5.41, 5.74) is 2.42. The first-order chi connectivity index (χ1) is 15.4. The molecule has 1 saturated heterocycles. The minimum Gasteiger partial charge on any atom is -0.488 e. The van der Waals surface area contributed by atoms with E-state index in [1.165, 1.54) is 29.2 Å². The maximum Gasteiger partial charge on any atom is 0.289 e. The van der Waals surface area contributed by atoms with Gasteiger partial charge in [-0.25, -0.2) is 8.78 Å². The minimum atomic E-state index is -0.513. The topological polar surface area (TPSA) is 46.6 Å². The SMILES string of the molecule is O=C1S[C@H](Cc2ccc(OCc3ccc(F)cc3)c(Br)c2)C(=O)N1Cc1ccc(F)cc1. The molecule has 3 aromatic carbocycles. The van der Waals surface area contributed by atoms with Gasteiger partial charge in [-0.15, -0.1) is 0 Å². The van der Waals surface area contributed by atoms with Crippen LogP contribution in [0.25, 0.3) is 0 Å². The van der Waals surface area contributed by atoms with Crippen LogP contribution in [0.2, 0.25) is 0 Å². The first-order valence-corrected chi connectivity index (χ1v) is 11.5. The molecule has 1 aliphatic rings. The second kappa shape index (κ2) is 9.83. The molecule has 0 bridgehead atoms. The molecule has 0 unspecified atom stereocenters. The summed E-state index contributed by atoms with van der Waals surface area (Å²) < 4.78 is 32.6. The fourth-order valence-electron chi connectivity index (χ4n) is 3.29. The standard InChI is InChI=1S/C24H18BrF2NO3S/c25-20-11-17(5-10-21(20)31-14-16-3-8-19(27)9-4-16)12-22-23(29)28(24(30)32-22)13-15-1-6-18(26)7-2-15/h1-11,22H,12-14H2/t22-/m1/s1. The van der Waals surface area contributed by atoms with Crippen molar-refractivity contribution < 1.29 is 23.1 Å². The summed E-state index contributed by atoms with van der Waals surface area (Å²) in [7, 11) is 0. The van der Waals surface area contributed by atoms with E-state index in [4.69, 9.17) is 4.74 Å². The molecule has 2 amide bonds. The molecule has 0 aromatic heterocycles. The van der Waals surface area contributed by atoms with Crippen molar-refractivity contribution in [3.05, 3.63) is 99.5 Å². The lowest BCUT2D eigenvalue weighted by Gasteiger charge is -2.14. The Balaban J connectivity index is 1.37. The number of benzene rings is 3. The van der Waals surface area contributed by atoms with Crippen molar-refractivity contribution in [1.29, 1.82) is 0 Å². The Morgan fingerprint density at radius 1 is 0.875 bits per heavy atom. The Morgan fingerprint density at radius 2 is 1.47 bits per heavy atom. The van der Waals surface area contributed by atoms with E-state index in [1.807, 2.05) is 12.1 Å². The highest BCUT2D eigenvalue weighted by Gasteiger charge is 2.39. The van der Waals surface area contributed by atoms with Crippen molar-refractivity contribution in [3.8, 4) is 5.75 Å². The van der Waals surface area contributed by atoms with Gasteiger partial charge in [0, 0.05) is 0 Å². The molecule has 1 aliphatic heterocycles. The van der Waals surface area contributed by atoms with Crippen molar-refractivity contribution >= 4 is 38.8 Å². The second-order valence-corrected chi connectivity index (χ2v) is 9.32. The van der Waals surface area contributed by atoms with Crippen LogP contribution in [-0.4, -0.2) is 21.3 Å². The monoisotopic (exact) mass is 517 g/mol. The van der Waals surface area contributed by atoms with Gasteiger partial charge in [0.15, 0.2) is 0 Å². The summed E-state index contributed by atoms with van der Waals surface area (Å²) in [4.78, 5) is 26.3. The molecule has 0 spiro atoms. The smallest absolute Gasteiger partial charge is 0.289 e. The number of ether oxygens (including phenoxy) is 1. The van der Waals surface area contributed by atoms with Crippen molar-refractivity contribution in [2.75, 3.05) is 0 Å². The van der Waals surface area contributed by atoms with Gasteiger partial charge in [-0.05, 0) is 75.4 Å². The van der Waals surface area contributed by atoms with Crippen molar-refractivity contribution in [2.45, 2.75) is 24.8 Å². The largest absolute Gasteiger partial charge is 0.488 e. The van der Waals surface area contributed by atoms with E-state index in [0.717, 1.165) is 27.4 Å². The lowest BCUT2D eigenvalue weighted by molar-refractivity contribution is -0.127. The number of imide groups is 1. The molecule has 8 heteroatoms. The lowest BCUT2D eigenvalue weighted by Crippen LogP contribution is -2.31. The number of nitrogens with zero attached hydrogens (tertiary/aromatic N) is 1. The maximum atomic E-state index is 13.1. The zero-order valence-electron chi connectivity index (χ0n) is 16.8. The predicted molar refractivity (Wildman–Crippen MR) is 122 cm³/mol. The van der Waals surface area contributed by atoms with E-state index in [1.54, 1.807) is 30.3 Å². The van der Waals surface area contributed by atoms with Crippen LogP contribution in [0, 0.1) is 11.6 Å². The molecule has 3 aromatic rings. The molecule has 0 N–H and O–H groups in total. The molecule has 1 heterocycles. The Labute approximate surface area is 196 Å². The second-order valence-electron chi connectivity index (χ2n) is 7.31. The Bertz CT molecular complexity index is 1140. The van der Waals surface area contributed by atoms with E-state index >= 15 is 0 Å². The normalized spacial score (nSPS) is 16.0. The maximum absolute atomic E-state index is 13.1. The summed E-state index contributed by atoms with van der Waals surface area (Å²) in [6.07, 6.45) is 0.395. The highest BCUT2D eigenvalue weighted by molar-refractivity contribution is 9.10. The van der Waals surface area contributed by atoms with Gasteiger partial charge in [0.05, 0.1) is 16.3 Å². The van der Waals surface area contributed by atoms with Crippen LogP contribution < -0.4 is 4.74 Å². The van der Waals surface area contributed by atoms with Gasteiger partial charge in [0.25, 0.3) is 5.24 Å². The summed E-state index contributed by atoms with van der Waals surface area (Å²) in [5, 5.41) is -0.816. The van der Waals surface area contributed by atoms with Gasteiger partial charge in [-0.2, -0.15) is 0 Å². The fourth-order valence-corrected chi connectivity index (χ4v) is 4.86. The van der Waals surface area contributed by atoms with Gasteiger partial charge in [-0.1, -0.05) is 42.1 Å². The average Bonchev–Trinajstić information content (AvgIpc) is 3.03. The molecule has 164 valence electrons. The van der Waals surface area contributed by atoms with E-state index in [0.29, 0.717) is 24.3 Å². The molecular weight excluding hydrogens is 500 g/mol. The number of rotatable bonds is 7. The fraction of sp³-hybridized carbons (Fsp3) is 0.167. The zero-order chi connectivity index (χ0) is 22.7. The number of thioether (sulfide) groups is 1. The molecule has 0 saturated carbocycles. The van der Waals surface area contributed by atoms with Gasteiger partial charge in [-0.3, -0.25) is 14.5 Å². The minimum absolute atomic E-state index is 0.126. The molecule has 4 rings (SSSR count). The quantitative estimate of drug-likeness (QED) is 0.379. The highest BCUT2D eigenvalue weighted by Crippen LogP contribution is 2.33. The lowest BCUT2D eigenvalue weighted by atomic mass is 10.1. The third-order valence-corrected chi connectivity index (χ3v) is 6.68. The number of halogens is 3. The number of hydrogen-bond donors (Lipinski definition) is 0. The van der Waals surface area contributed by atoms with Crippen LogP contribution in [0.4, 0.5) is 13.6 Å². The molecule has 0 aliphatic carbocycles. The predicted octanol–water partition coefficient (Wildman–Crippen LogP) is 6.11. The number of hydrogen-bond acceptors (Lipinski definition) is 4. The van der Waals surface area contributed by atoms with E-state index < -0.39 is 5.25 Å². The van der Waals surface area contributed by atoms with Crippen molar-refractivity contribution in [3.63, 3.8) is 0 Å². The Hall–Kier alpha value is -2.71. The van der Waals surface area contributed by atoms with Gasteiger partial charge in [0.1, 0.15) is 24.0 Å². The zero-order valence-corrected chi connectivity index (χ0v) is 19.2. The molecule has 1 atom stereocenters. The van der Waals surface area contributed by atoms with E-state index in [-0.39, 0.29) is 29.3 Å². The highest BCUT2D eigenvalue weighted by atomic mass is 79.9. The molecule has 1 fully saturated rings. The number of carbonyl (C=O) groups excluding carboxylic acids is 2. The summed E-state index contributed by atoms with van der Waals surface area (Å²) in [6.45, 7) is 0.420. The first-order valence-electron chi connectivity index (χ1n) is 9.81. The first kappa shape index (κ1) is 22.5. The summed E-state index contributed by atoms with van der Waals surface area (Å²) >= 11 is 4.49. The van der Waals surface area contributed by atoms with E-state index in [2.05, 4.69) is 15.9 Å². The molecule has 32 heavy (non-hydrogen) atoms. The van der Waals surface area contributed by atoms with Gasteiger partial charge >= 0.3 is 0 Å². The molecular formula is C24H18BrF2NO3S. The third-order valence-electron chi connectivity index (χ3n) is 4.98. The van der Waals surface area contributed by atoms with E-state index in [9.17, 15) is 18.4 Å². The van der Waals surface area contributed by atoms with Crippen LogP contribution in [0.15, 0.2) is 71.2 Å². The molecule has 4 nitrogen and oxygen atoms in total. The van der Waals surface area contributed by atoms with Crippen LogP contribution >= 0.6 is 27.7 Å². The van der Waals surface area contributed by atoms with Gasteiger partial charge < -0.3 is 4.74 Å². The van der Waals surface area contributed by atoms with Crippen LogP contribution in [-0.2, 0) is 24.4 Å². The Kier molecular flexibility index (Phi) is 6.91. The summed E-state index contributed by atoms with van der Waals surface area (Å²) in [5.74, 6) is -0.293. The molecule has 0 radical (unpaired) electrons. The van der Waals surface area contributed by atoms with Crippen LogP contribution in [0.5, 0.6) is 5.75 Å². The average molecular weight is 518 g/mol. The number of carbonyl (C=O) groups is 2. The van der Waals surface area contributed by atoms with Crippen LogP contribution in [0.3, 0.4) is 0 Å².